The number of likely N-dealkylation sites (N-methyl/N-ethyl adjacent to an activating group) is 1. The van der Waals surface area contributed by atoms with Crippen LogP contribution in [-0.4, -0.2) is 29.6 Å². The Kier molecular flexibility index (Phi) is 5.05. The molecule has 0 heterocycles. The van der Waals surface area contributed by atoms with Crippen LogP contribution in [0.15, 0.2) is 42.5 Å². The smallest absolute Gasteiger partial charge is 0.233 e. The molecule has 132 valence electrons. The van der Waals surface area contributed by atoms with E-state index in [1.165, 1.54) is 12.1 Å². The van der Waals surface area contributed by atoms with Gasteiger partial charge in [-0.15, -0.1) is 0 Å². The van der Waals surface area contributed by atoms with Gasteiger partial charge in [0, 0.05) is 26.1 Å². The number of aliphatic hydroxyl groups excluding tert-OH is 1. The summed E-state index contributed by atoms with van der Waals surface area (Å²) in [5, 5.41) is 10.4. The molecule has 3 rings (SSSR count). The van der Waals surface area contributed by atoms with Gasteiger partial charge in [-0.1, -0.05) is 41.4 Å². The molecule has 6 heteroatoms. The predicted molar refractivity (Wildman–Crippen MR) is 96.2 cm³/mol. The first-order chi connectivity index (χ1) is 11.9. The lowest BCUT2D eigenvalue weighted by Gasteiger charge is -2.25. The number of hydrogen-bond acceptors (Lipinski definition) is 2. The zero-order valence-corrected chi connectivity index (χ0v) is 15.2. The van der Waals surface area contributed by atoms with E-state index in [4.69, 9.17) is 23.2 Å². The van der Waals surface area contributed by atoms with E-state index in [0.29, 0.717) is 23.0 Å². The van der Waals surface area contributed by atoms with Crippen LogP contribution in [-0.2, 0) is 16.8 Å². The minimum atomic E-state index is -0.780. The lowest BCUT2D eigenvalue weighted by molar-refractivity contribution is -0.133. The van der Waals surface area contributed by atoms with Crippen molar-refractivity contribution in [2.45, 2.75) is 18.4 Å². The van der Waals surface area contributed by atoms with Crippen molar-refractivity contribution >= 4 is 29.1 Å². The van der Waals surface area contributed by atoms with Crippen molar-refractivity contribution in [1.29, 1.82) is 0 Å². The number of hydrogen-bond donors (Lipinski definition) is 1. The molecule has 25 heavy (non-hydrogen) atoms. The topological polar surface area (TPSA) is 40.5 Å². The Morgan fingerprint density at radius 2 is 1.92 bits per heavy atom. The Labute approximate surface area is 156 Å². The minimum Gasteiger partial charge on any atom is -0.396 e. The molecule has 0 unspecified atom stereocenters. The third kappa shape index (κ3) is 3.39. The summed E-state index contributed by atoms with van der Waals surface area (Å²) < 4.78 is 13.0. The molecule has 0 bridgehead atoms. The summed E-state index contributed by atoms with van der Waals surface area (Å²) in [5.41, 5.74) is 0.817. The van der Waals surface area contributed by atoms with E-state index >= 15 is 0 Å². The molecule has 1 amide bonds. The Morgan fingerprint density at radius 3 is 2.48 bits per heavy atom. The fourth-order valence-corrected chi connectivity index (χ4v) is 3.64. The molecule has 0 spiro atoms. The van der Waals surface area contributed by atoms with Crippen LogP contribution in [0.5, 0.6) is 0 Å². The van der Waals surface area contributed by atoms with Crippen molar-refractivity contribution in [2.24, 2.45) is 5.92 Å². The van der Waals surface area contributed by atoms with Gasteiger partial charge in [0.05, 0.1) is 15.5 Å². The van der Waals surface area contributed by atoms with Gasteiger partial charge < -0.3 is 10.0 Å². The predicted octanol–water partition coefficient (Wildman–Crippen LogP) is 4.04. The summed E-state index contributed by atoms with van der Waals surface area (Å²) in [5.74, 6) is -0.547. The molecule has 1 N–H and O–H groups in total. The molecule has 0 radical (unpaired) electrons. The standard InChI is InChI=1S/C19H18Cl2FNO2/c1-23(10-12-2-5-15(22)6-3-12)18(25)19(9-14(19)11-24)13-4-7-16(20)17(21)8-13/h2-8,14,24H,9-11H2,1H3/t14-,19+/m0/s1. The molecule has 2 atom stereocenters. The number of aliphatic hydroxyl groups is 1. The van der Waals surface area contributed by atoms with E-state index in [1.807, 2.05) is 0 Å². The normalized spacial score (nSPS) is 21.9. The molecular weight excluding hydrogens is 364 g/mol. The average Bonchev–Trinajstić information content (AvgIpc) is 3.34. The third-order valence-electron chi connectivity index (χ3n) is 4.82. The molecule has 1 aliphatic carbocycles. The zero-order valence-electron chi connectivity index (χ0n) is 13.7. The molecule has 3 nitrogen and oxygen atoms in total. The van der Waals surface area contributed by atoms with Gasteiger partial charge >= 0.3 is 0 Å². The van der Waals surface area contributed by atoms with E-state index in [9.17, 15) is 14.3 Å². The monoisotopic (exact) mass is 381 g/mol. The Balaban J connectivity index is 1.86. The molecule has 0 aromatic heterocycles. The molecular formula is C19H18Cl2FNO2. The first-order valence-corrected chi connectivity index (χ1v) is 8.70. The van der Waals surface area contributed by atoms with Crippen LogP contribution >= 0.6 is 23.2 Å². The van der Waals surface area contributed by atoms with E-state index in [2.05, 4.69) is 0 Å². The summed E-state index contributed by atoms with van der Waals surface area (Å²) in [4.78, 5) is 14.7. The largest absolute Gasteiger partial charge is 0.396 e. The average molecular weight is 382 g/mol. The summed E-state index contributed by atoms with van der Waals surface area (Å²) in [6.45, 7) is 0.288. The van der Waals surface area contributed by atoms with Gasteiger partial charge in [-0.2, -0.15) is 0 Å². The maximum Gasteiger partial charge on any atom is 0.233 e. The molecule has 1 fully saturated rings. The number of carbonyl (C=O) groups is 1. The fraction of sp³-hybridized carbons (Fsp3) is 0.316. The van der Waals surface area contributed by atoms with Gasteiger partial charge in [0.1, 0.15) is 5.82 Å². The van der Waals surface area contributed by atoms with Crippen molar-refractivity contribution < 1.29 is 14.3 Å². The van der Waals surface area contributed by atoms with Crippen molar-refractivity contribution in [1.82, 2.24) is 4.90 Å². The highest BCUT2D eigenvalue weighted by molar-refractivity contribution is 6.42. The van der Waals surface area contributed by atoms with E-state index in [-0.39, 0.29) is 24.2 Å². The Morgan fingerprint density at radius 1 is 1.24 bits per heavy atom. The number of carbonyl (C=O) groups excluding carboxylic acids is 1. The second kappa shape index (κ2) is 6.94. The van der Waals surface area contributed by atoms with Crippen LogP contribution in [0.1, 0.15) is 17.5 Å². The first kappa shape index (κ1) is 18.2. The van der Waals surface area contributed by atoms with Crippen LogP contribution in [0.3, 0.4) is 0 Å². The van der Waals surface area contributed by atoms with Crippen molar-refractivity contribution in [3.8, 4) is 0 Å². The SMILES string of the molecule is CN(Cc1ccc(F)cc1)C(=O)[C@@]1(c2ccc(Cl)c(Cl)c2)C[C@H]1CO. The van der Waals surface area contributed by atoms with Gasteiger partial charge in [-0.05, 0) is 41.8 Å². The number of benzene rings is 2. The van der Waals surface area contributed by atoms with Gasteiger partial charge in [-0.25, -0.2) is 4.39 Å². The van der Waals surface area contributed by atoms with E-state index in [1.54, 1.807) is 42.3 Å². The first-order valence-electron chi connectivity index (χ1n) is 7.95. The Bertz CT molecular complexity index is 797. The van der Waals surface area contributed by atoms with Crippen molar-refractivity contribution in [2.75, 3.05) is 13.7 Å². The Hall–Kier alpha value is -1.62. The summed E-state index contributed by atoms with van der Waals surface area (Å²) in [7, 11) is 1.71. The van der Waals surface area contributed by atoms with Crippen LogP contribution < -0.4 is 0 Å². The van der Waals surface area contributed by atoms with Crippen LogP contribution in [0.2, 0.25) is 10.0 Å². The van der Waals surface area contributed by atoms with Crippen LogP contribution in [0, 0.1) is 11.7 Å². The highest BCUT2D eigenvalue weighted by Gasteiger charge is 2.61. The summed E-state index contributed by atoms with van der Waals surface area (Å²) >= 11 is 12.1. The molecule has 2 aromatic rings. The molecule has 1 saturated carbocycles. The van der Waals surface area contributed by atoms with Crippen LogP contribution in [0.4, 0.5) is 4.39 Å². The number of rotatable bonds is 5. The van der Waals surface area contributed by atoms with Crippen molar-refractivity contribution in [3.05, 3.63) is 69.5 Å². The lowest BCUT2D eigenvalue weighted by Crippen LogP contribution is -2.38. The highest BCUT2D eigenvalue weighted by atomic mass is 35.5. The fourth-order valence-electron chi connectivity index (χ4n) is 3.34. The molecule has 0 saturated heterocycles. The molecule has 2 aromatic carbocycles. The summed E-state index contributed by atoms with van der Waals surface area (Å²) in [6.07, 6.45) is 0.564. The molecule has 1 aliphatic rings. The van der Waals surface area contributed by atoms with Crippen molar-refractivity contribution in [3.63, 3.8) is 0 Å². The highest BCUT2D eigenvalue weighted by Crippen LogP contribution is 2.55. The summed E-state index contributed by atoms with van der Waals surface area (Å²) in [6, 6.07) is 11.2. The zero-order chi connectivity index (χ0) is 18.2. The number of nitrogens with zero attached hydrogens (tertiary/aromatic N) is 1. The lowest BCUT2D eigenvalue weighted by atomic mass is 9.91. The van der Waals surface area contributed by atoms with Gasteiger partial charge in [0.15, 0.2) is 0 Å². The quantitative estimate of drug-likeness (QED) is 0.848. The maximum atomic E-state index is 13.1. The second-order valence-corrected chi connectivity index (χ2v) is 7.29. The maximum absolute atomic E-state index is 13.1. The van der Waals surface area contributed by atoms with Crippen LogP contribution in [0.25, 0.3) is 0 Å². The number of amides is 1. The minimum absolute atomic E-state index is 0.0730. The van der Waals surface area contributed by atoms with Gasteiger partial charge in [-0.3, -0.25) is 4.79 Å². The van der Waals surface area contributed by atoms with E-state index < -0.39 is 5.41 Å². The third-order valence-corrected chi connectivity index (χ3v) is 5.56. The van der Waals surface area contributed by atoms with Gasteiger partial charge in [0.25, 0.3) is 0 Å². The number of halogens is 3. The van der Waals surface area contributed by atoms with E-state index in [0.717, 1.165) is 11.1 Å². The van der Waals surface area contributed by atoms with Gasteiger partial charge in [0.2, 0.25) is 5.91 Å². The molecule has 0 aliphatic heterocycles. The second-order valence-electron chi connectivity index (χ2n) is 6.47.